The number of terminal acetylenes is 1. The van der Waals surface area contributed by atoms with Gasteiger partial charge in [-0.05, 0) is 13.8 Å². The van der Waals surface area contributed by atoms with Crippen molar-refractivity contribution in [3.63, 3.8) is 0 Å². The van der Waals surface area contributed by atoms with Gasteiger partial charge in [-0.15, -0.1) is 6.42 Å². The van der Waals surface area contributed by atoms with Crippen molar-refractivity contribution in [3.05, 3.63) is 17.5 Å². The highest BCUT2D eigenvalue weighted by molar-refractivity contribution is 5.15. The van der Waals surface area contributed by atoms with Crippen LogP contribution in [0, 0.1) is 19.3 Å². The van der Waals surface area contributed by atoms with Crippen LogP contribution in [-0.4, -0.2) is 15.8 Å². The van der Waals surface area contributed by atoms with Crippen molar-refractivity contribution >= 4 is 0 Å². The summed E-state index contributed by atoms with van der Waals surface area (Å²) in [4.78, 5) is 0. The zero-order chi connectivity index (χ0) is 9.84. The molecule has 0 saturated carbocycles. The van der Waals surface area contributed by atoms with Gasteiger partial charge in [0.2, 0.25) is 0 Å². The maximum atomic E-state index is 5.25. The molecular weight excluding hydrogens is 162 g/mol. The van der Waals surface area contributed by atoms with Crippen LogP contribution in [0.15, 0.2) is 6.20 Å². The van der Waals surface area contributed by atoms with Gasteiger partial charge >= 0.3 is 0 Å². The predicted octanol–water partition coefficient (Wildman–Crippen LogP) is 0.840. The molecule has 0 aliphatic rings. The molecule has 0 fully saturated rings. The summed E-state index contributed by atoms with van der Waals surface area (Å²) >= 11 is 0. The second kappa shape index (κ2) is 4.11. The van der Waals surface area contributed by atoms with Crippen LogP contribution in [0.1, 0.15) is 18.2 Å². The van der Waals surface area contributed by atoms with E-state index in [-0.39, 0.29) is 6.04 Å². The summed E-state index contributed by atoms with van der Waals surface area (Å²) in [5.74, 6) is 2.62. The minimum absolute atomic E-state index is 0.111. The number of hydrogen-bond acceptors (Lipinski definition) is 2. The second-order valence-corrected chi connectivity index (χ2v) is 3.18. The maximum absolute atomic E-state index is 5.25. The van der Waals surface area contributed by atoms with E-state index in [2.05, 4.69) is 16.3 Å². The number of hydrogen-bond donors (Lipinski definition) is 1. The molecule has 0 spiro atoms. The lowest BCUT2D eigenvalue weighted by Gasteiger charge is -2.05. The lowest BCUT2D eigenvalue weighted by atomic mass is 10.2. The van der Waals surface area contributed by atoms with E-state index in [0.717, 1.165) is 12.2 Å². The van der Waals surface area contributed by atoms with Crippen molar-refractivity contribution in [3.8, 4) is 12.3 Å². The van der Waals surface area contributed by atoms with Crippen LogP contribution in [0.4, 0.5) is 0 Å². The van der Waals surface area contributed by atoms with Crippen molar-refractivity contribution in [1.82, 2.24) is 15.1 Å². The van der Waals surface area contributed by atoms with Gasteiger partial charge in [0, 0.05) is 25.4 Å². The number of nitrogens with one attached hydrogen (secondary N) is 1. The largest absolute Gasteiger partial charge is 0.300 e. The van der Waals surface area contributed by atoms with Gasteiger partial charge in [0.05, 0.1) is 11.7 Å². The molecule has 1 rings (SSSR count). The van der Waals surface area contributed by atoms with E-state index >= 15 is 0 Å². The fourth-order valence-corrected chi connectivity index (χ4v) is 1.14. The normalized spacial score (nSPS) is 12.5. The summed E-state index contributed by atoms with van der Waals surface area (Å²) in [5.41, 5.74) is 2.25. The minimum atomic E-state index is 0.111. The summed E-state index contributed by atoms with van der Waals surface area (Å²) in [7, 11) is 1.92. The first-order chi connectivity index (χ1) is 6.13. The third kappa shape index (κ3) is 2.60. The van der Waals surface area contributed by atoms with Crippen LogP contribution in [0.5, 0.6) is 0 Å². The molecule has 3 nitrogen and oxygen atoms in total. The summed E-state index contributed by atoms with van der Waals surface area (Å²) < 4.78 is 1.81. The standard InChI is InChI=1S/C10H15N3/c1-5-8(2)11-6-10-7-13(4)12-9(10)3/h1,7-8,11H,6H2,2-4H3. The van der Waals surface area contributed by atoms with Crippen LogP contribution in [-0.2, 0) is 13.6 Å². The Morgan fingerprint density at radius 1 is 1.77 bits per heavy atom. The number of aromatic nitrogens is 2. The average molecular weight is 177 g/mol. The van der Waals surface area contributed by atoms with Crippen molar-refractivity contribution in [2.24, 2.45) is 7.05 Å². The molecule has 0 aromatic carbocycles. The molecule has 0 radical (unpaired) electrons. The molecular formula is C10H15N3. The molecule has 0 bridgehead atoms. The van der Waals surface area contributed by atoms with Crippen molar-refractivity contribution in [1.29, 1.82) is 0 Å². The second-order valence-electron chi connectivity index (χ2n) is 3.18. The SMILES string of the molecule is C#CC(C)NCc1cn(C)nc1C. The quantitative estimate of drug-likeness (QED) is 0.693. The molecule has 1 aromatic heterocycles. The van der Waals surface area contributed by atoms with Gasteiger partial charge in [0.15, 0.2) is 0 Å². The number of aryl methyl sites for hydroxylation is 2. The van der Waals surface area contributed by atoms with Gasteiger partial charge in [0.1, 0.15) is 0 Å². The van der Waals surface area contributed by atoms with Crippen LogP contribution in [0.25, 0.3) is 0 Å². The van der Waals surface area contributed by atoms with Crippen molar-refractivity contribution in [2.75, 3.05) is 0 Å². The summed E-state index contributed by atoms with van der Waals surface area (Å²) in [6, 6.07) is 0.111. The highest BCUT2D eigenvalue weighted by atomic mass is 15.2. The van der Waals surface area contributed by atoms with E-state index in [1.54, 1.807) is 0 Å². The molecule has 70 valence electrons. The zero-order valence-electron chi connectivity index (χ0n) is 8.33. The molecule has 0 aliphatic heterocycles. The van der Waals surface area contributed by atoms with Gasteiger partial charge in [-0.25, -0.2) is 0 Å². The Kier molecular flexibility index (Phi) is 3.10. The molecule has 1 heterocycles. The van der Waals surface area contributed by atoms with Gasteiger partial charge in [0.25, 0.3) is 0 Å². The minimum Gasteiger partial charge on any atom is -0.300 e. The van der Waals surface area contributed by atoms with E-state index in [1.165, 1.54) is 5.56 Å². The lowest BCUT2D eigenvalue weighted by molar-refractivity contribution is 0.646. The first-order valence-electron chi connectivity index (χ1n) is 4.32. The highest BCUT2D eigenvalue weighted by Gasteiger charge is 2.03. The maximum Gasteiger partial charge on any atom is 0.0660 e. The first-order valence-corrected chi connectivity index (χ1v) is 4.32. The molecule has 13 heavy (non-hydrogen) atoms. The van der Waals surface area contributed by atoms with E-state index in [1.807, 2.05) is 31.8 Å². The fraction of sp³-hybridized carbons (Fsp3) is 0.500. The molecule has 1 unspecified atom stereocenters. The molecule has 0 aliphatic carbocycles. The fourth-order valence-electron chi connectivity index (χ4n) is 1.14. The summed E-state index contributed by atoms with van der Waals surface area (Å²) in [6.45, 7) is 4.74. The van der Waals surface area contributed by atoms with Crippen molar-refractivity contribution < 1.29 is 0 Å². The highest BCUT2D eigenvalue weighted by Crippen LogP contribution is 2.03. The predicted molar refractivity (Wildman–Crippen MR) is 53.1 cm³/mol. The van der Waals surface area contributed by atoms with Gasteiger partial charge in [-0.1, -0.05) is 5.92 Å². The first kappa shape index (κ1) is 9.82. The molecule has 0 saturated heterocycles. The van der Waals surface area contributed by atoms with Crippen LogP contribution in [0.2, 0.25) is 0 Å². The number of rotatable bonds is 3. The third-order valence-corrected chi connectivity index (χ3v) is 1.96. The van der Waals surface area contributed by atoms with E-state index < -0.39 is 0 Å². The van der Waals surface area contributed by atoms with Crippen molar-refractivity contribution in [2.45, 2.75) is 26.4 Å². The molecule has 1 atom stereocenters. The Morgan fingerprint density at radius 3 is 2.92 bits per heavy atom. The topological polar surface area (TPSA) is 29.9 Å². The Bertz CT molecular complexity index is 319. The van der Waals surface area contributed by atoms with Gasteiger partial charge in [-0.3, -0.25) is 10.00 Å². The van der Waals surface area contributed by atoms with E-state index in [4.69, 9.17) is 6.42 Å². The number of nitrogens with zero attached hydrogens (tertiary/aromatic N) is 2. The Balaban J connectivity index is 2.55. The Morgan fingerprint density at radius 2 is 2.46 bits per heavy atom. The average Bonchev–Trinajstić information content (AvgIpc) is 2.41. The Hall–Kier alpha value is -1.27. The van der Waals surface area contributed by atoms with Gasteiger partial charge in [-0.2, -0.15) is 5.10 Å². The van der Waals surface area contributed by atoms with E-state index in [0.29, 0.717) is 0 Å². The third-order valence-electron chi connectivity index (χ3n) is 1.96. The lowest BCUT2D eigenvalue weighted by Crippen LogP contribution is -2.23. The van der Waals surface area contributed by atoms with Gasteiger partial charge < -0.3 is 0 Å². The zero-order valence-corrected chi connectivity index (χ0v) is 8.33. The Labute approximate surface area is 79.1 Å². The van der Waals surface area contributed by atoms with Crippen LogP contribution in [0.3, 0.4) is 0 Å². The molecule has 3 heteroatoms. The van der Waals surface area contributed by atoms with E-state index in [9.17, 15) is 0 Å². The molecule has 1 aromatic rings. The summed E-state index contributed by atoms with van der Waals surface area (Å²) in [6.07, 6.45) is 7.25. The summed E-state index contributed by atoms with van der Waals surface area (Å²) in [5, 5.41) is 7.45. The van der Waals surface area contributed by atoms with Crippen LogP contribution >= 0.6 is 0 Å². The monoisotopic (exact) mass is 177 g/mol. The molecule has 1 N–H and O–H groups in total. The molecule has 0 amide bonds. The smallest absolute Gasteiger partial charge is 0.0660 e. The van der Waals surface area contributed by atoms with Crippen LogP contribution < -0.4 is 5.32 Å².